The van der Waals surface area contributed by atoms with Crippen molar-refractivity contribution >= 4 is 23.5 Å². The molecule has 0 amide bonds. The second kappa shape index (κ2) is 7.25. The van der Waals surface area contributed by atoms with E-state index >= 15 is 0 Å². The van der Waals surface area contributed by atoms with Crippen molar-refractivity contribution in [1.82, 2.24) is 5.32 Å². The zero-order valence-corrected chi connectivity index (χ0v) is 11.2. The summed E-state index contributed by atoms with van der Waals surface area (Å²) < 4.78 is 5.65. The summed E-state index contributed by atoms with van der Waals surface area (Å²) >= 11 is 3.66. The molecule has 15 heavy (non-hydrogen) atoms. The van der Waals surface area contributed by atoms with E-state index in [4.69, 9.17) is 4.42 Å². The molecule has 86 valence electrons. The molecule has 0 radical (unpaired) electrons. The predicted molar refractivity (Wildman–Crippen MR) is 70.6 cm³/mol. The average molecular weight is 245 g/mol. The molecule has 0 fully saturated rings. The normalized spacial score (nSPS) is 13.0. The van der Waals surface area contributed by atoms with Crippen LogP contribution in [0.1, 0.15) is 18.4 Å². The molecule has 1 aromatic rings. The van der Waals surface area contributed by atoms with Crippen molar-refractivity contribution in [3.63, 3.8) is 0 Å². The minimum Gasteiger partial charge on any atom is -0.464 e. The number of hydrogen-bond acceptors (Lipinski definition) is 4. The lowest BCUT2D eigenvalue weighted by atomic mass is 10.4. The van der Waals surface area contributed by atoms with Gasteiger partial charge >= 0.3 is 0 Å². The van der Waals surface area contributed by atoms with Gasteiger partial charge in [-0.15, -0.1) is 0 Å². The second-order valence-corrected chi connectivity index (χ2v) is 5.62. The predicted octanol–water partition coefficient (Wildman–Crippen LogP) is 2.98. The smallest absolute Gasteiger partial charge is 0.118 e. The van der Waals surface area contributed by atoms with Crippen LogP contribution in [-0.4, -0.2) is 24.3 Å². The summed E-state index contributed by atoms with van der Waals surface area (Å²) in [7, 11) is 0. The highest BCUT2D eigenvalue weighted by molar-refractivity contribution is 7.99. The largest absolute Gasteiger partial charge is 0.464 e. The molecule has 1 heterocycles. The van der Waals surface area contributed by atoms with E-state index in [1.165, 1.54) is 0 Å². The Morgan fingerprint density at radius 3 is 2.73 bits per heavy atom. The Bertz CT molecular complexity index is 275. The van der Waals surface area contributed by atoms with Crippen LogP contribution in [0.25, 0.3) is 0 Å². The molecule has 0 aromatic carbocycles. The van der Waals surface area contributed by atoms with Crippen LogP contribution >= 0.6 is 23.5 Å². The minimum atomic E-state index is 0.658. The van der Waals surface area contributed by atoms with Gasteiger partial charge in [0.15, 0.2) is 0 Å². The molecule has 1 atom stereocenters. The van der Waals surface area contributed by atoms with Crippen LogP contribution in [0.2, 0.25) is 0 Å². The van der Waals surface area contributed by atoms with Crippen LogP contribution in [0.15, 0.2) is 16.5 Å². The summed E-state index contributed by atoms with van der Waals surface area (Å²) in [5.41, 5.74) is 0. The molecule has 4 heteroatoms. The maximum Gasteiger partial charge on any atom is 0.118 e. The second-order valence-electron chi connectivity index (χ2n) is 3.48. The quantitative estimate of drug-likeness (QED) is 0.798. The first kappa shape index (κ1) is 13.0. The lowest BCUT2D eigenvalue weighted by Crippen LogP contribution is -2.21. The fourth-order valence-corrected chi connectivity index (χ4v) is 1.94. The molecule has 1 rings (SSSR count). The third kappa shape index (κ3) is 5.00. The summed E-state index contributed by atoms with van der Waals surface area (Å²) in [5, 5.41) is 4.04. The fraction of sp³-hybridized carbons (Fsp3) is 0.636. The number of furan rings is 1. The van der Waals surface area contributed by atoms with E-state index in [1.807, 2.05) is 11.8 Å². The standard InChI is InChI=1S/C11H19NOS2/c1-9(15-3)6-12-7-10-4-5-11(13-10)8-14-2/h4-5,9,12H,6-8H2,1-3H3. The third-order valence-electron chi connectivity index (χ3n) is 2.14. The van der Waals surface area contributed by atoms with Gasteiger partial charge in [-0.25, -0.2) is 0 Å². The van der Waals surface area contributed by atoms with Crippen molar-refractivity contribution in [3.05, 3.63) is 23.7 Å². The van der Waals surface area contributed by atoms with Gasteiger partial charge in [0.25, 0.3) is 0 Å². The van der Waals surface area contributed by atoms with Gasteiger partial charge in [-0.1, -0.05) is 6.92 Å². The van der Waals surface area contributed by atoms with Crippen LogP contribution in [0.5, 0.6) is 0 Å². The van der Waals surface area contributed by atoms with Crippen molar-refractivity contribution in [2.45, 2.75) is 24.5 Å². The Balaban J connectivity index is 2.25. The van der Waals surface area contributed by atoms with E-state index in [0.717, 1.165) is 30.4 Å². The fourth-order valence-electron chi connectivity index (χ4n) is 1.22. The molecule has 0 spiro atoms. The van der Waals surface area contributed by atoms with Crippen LogP contribution in [-0.2, 0) is 12.3 Å². The molecule has 0 aliphatic carbocycles. The zero-order valence-electron chi connectivity index (χ0n) is 9.58. The van der Waals surface area contributed by atoms with Crippen LogP contribution in [0.4, 0.5) is 0 Å². The molecule has 0 saturated carbocycles. The van der Waals surface area contributed by atoms with Gasteiger partial charge in [-0.3, -0.25) is 0 Å². The number of hydrogen-bond donors (Lipinski definition) is 1. The number of rotatable bonds is 7. The van der Waals surface area contributed by atoms with Crippen molar-refractivity contribution in [2.75, 3.05) is 19.1 Å². The van der Waals surface area contributed by atoms with Gasteiger partial charge in [0.05, 0.1) is 12.3 Å². The molecular weight excluding hydrogens is 226 g/mol. The number of nitrogens with one attached hydrogen (secondary N) is 1. The molecular formula is C11H19NOS2. The Hall–Kier alpha value is -0.0600. The van der Waals surface area contributed by atoms with Gasteiger partial charge in [-0.05, 0) is 24.6 Å². The highest BCUT2D eigenvalue weighted by Crippen LogP contribution is 2.13. The van der Waals surface area contributed by atoms with Crippen LogP contribution in [0, 0.1) is 0 Å². The molecule has 0 aliphatic rings. The molecule has 0 bridgehead atoms. The highest BCUT2D eigenvalue weighted by atomic mass is 32.2. The highest BCUT2D eigenvalue weighted by Gasteiger charge is 2.02. The van der Waals surface area contributed by atoms with Gasteiger partial charge in [0.2, 0.25) is 0 Å². The van der Waals surface area contributed by atoms with E-state index in [2.05, 4.69) is 36.9 Å². The van der Waals surface area contributed by atoms with Crippen molar-refractivity contribution < 1.29 is 4.42 Å². The Morgan fingerprint density at radius 2 is 2.07 bits per heavy atom. The van der Waals surface area contributed by atoms with E-state index in [0.29, 0.717) is 5.25 Å². The Morgan fingerprint density at radius 1 is 1.33 bits per heavy atom. The van der Waals surface area contributed by atoms with Crippen molar-refractivity contribution in [2.24, 2.45) is 0 Å². The van der Waals surface area contributed by atoms with E-state index in [9.17, 15) is 0 Å². The minimum absolute atomic E-state index is 0.658. The molecule has 0 aliphatic heterocycles. The summed E-state index contributed by atoms with van der Waals surface area (Å²) in [6.45, 7) is 4.08. The van der Waals surface area contributed by atoms with Gasteiger partial charge < -0.3 is 9.73 Å². The lowest BCUT2D eigenvalue weighted by molar-refractivity contribution is 0.460. The van der Waals surface area contributed by atoms with Crippen LogP contribution in [0.3, 0.4) is 0 Å². The van der Waals surface area contributed by atoms with Gasteiger partial charge in [0.1, 0.15) is 11.5 Å². The van der Waals surface area contributed by atoms with E-state index < -0.39 is 0 Å². The lowest BCUT2D eigenvalue weighted by Gasteiger charge is -2.08. The summed E-state index contributed by atoms with van der Waals surface area (Å²) in [5.74, 6) is 3.06. The Labute approximate surface area is 101 Å². The average Bonchev–Trinajstić information content (AvgIpc) is 2.66. The van der Waals surface area contributed by atoms with Crippen LogP contribution < -0.4 is 5.32 Å². The molecule has 1 aromatic heterocycles. The van der Waals surface area contributed by atoms with E-state index in [-0.39, 0.29) is 0 Å². The first-order chi connectivity index (χ1) is 7.26. The summed E-state index contributed by atoms with van der Waals surface area (Å²) in [6.07, 6.45) is 4.22. The summed E-state index contributed by atoms with van der Waals surface area (Å²) in [6, 6.07) is 4.12. The third-order valence-corrected chi connectivity index (χ3v) is 3.68. The monoisotopic (exact) mass is 245 g/mol. The molecule has 2 nitrogen and oxygen atoms in total. The van der Waals surface area contributed by atoms with Crippen molar-refractivity contribution in [3.8, 4) is 0 Å². The Kier molecular flexibility index (Phi) is 6.29. The van der Waals surface area contributed by atoms with E-state index in [1.54, 1.807) is 11.8 Å². The maximum absolute atomic E-state index is 5.65. The zero-order chi connectivity index (χ0) is 11.1. The first-order valence-electron chi connectivity index (χ1n) is 5.06. The molecule has 1 N–H and O–H groups in total. The SMILES string of the molecule is CSCc1ccc(CNCC(C)SC)o1. The first-order valence-corrected chi connectivity index (χ1v) is 7.74. The van der Waals surface area contributed by atoms with Gasteiger partial charge in [-0.2, -0.15) is 23.5 Å². The number of thioether (sulfide) groups is 2. The maximum atomic E-state index is 5.65. The topological polar surface area (TPSA) is 25.2 Å². The van der Waals surface area contributed by atoms with Crippen molar-refractivity contribution in [1.29, 1.82) is 0 Å². The molecule has 1 unspecified atom stereocenters. The summed E-state index contributed by atoms with van der Waals surface area (Å²) in [4.78, 5) is 0. The van der Waals surface area contributed by atoms with Gasteiger partial charge in [0, 0.05) is 11.8 Å². The molecule has 0 saturated heterocycles.